The van der Waals surface area contributed by atoms with Crippen LogP contribution in [0.2, 0.25) is 0 Å². The lowest BCUT2D eigenvalue weighted by molar-refractivity contribution is 0.338. The van der Waals surface area contributed by atoms with Crippen molar-refractivity contribution in [2.24, 2.45) is 10.7 Å². The quantitative estimate of drug-likeness (QED) is 0.691. The van der Waals surface area contributed by atoms with Crippen LogP contribution < -0.4 is 10.5 Å². The van der Waals surface area contributed by atoms with Crippen LogP contribution in [0.5, 0.6) is 11.6 Å². The first kappa shape index (κ1) is 16.2. The summed E-state index contributed by atoms with van der Waals surface area (Å²) in [6.07, 6.45) is 5.27. The van der Waals surface area contributed by atoms with Crippen LogP contribution in [-0.4, -0.2) is 28.9 Å². The number of hydrogen-bond donors (Lipinski definition) is 1. The highest BCUT2D eigenvalue weighted by Gasteiger charge is 2.11. The summed E-state index contributed by atoms with van der Waals surface area (Å²) in [5, 5.41) is 0. The van der Waals surface area contributed by atoms with E-state index in [0.29, 0.717) is 24.1 Å². The molecule has 0 spiro atoms. The van der Waals surface area contributed by atoms with Crippen molar-refractivity contribution < 1.29 is 9.13 Å². The zero-order valence-electron chi connectivity index (χ0n) is 13.5. The number of nitrogens with zero attached hydrogens (tertiary/aromatic N) is 3. The number of aromatic nitrogens is 1. The molecule has 5 nitrogen and oxygen atoms in total. The average Bonchev–Trinajstić information content (AvgIpc) is 2.63. The SMILES string of the molecule is NC(=NCc1ccnc(Oc2ccc(F)cc2)c1)N1CCCCC1. The van der Waals surface area contributed by atoms with Gasteiger partial charge in [0.2, 0.25) is 5.88 Å². The van der Waals surface area contributed by atoms with Crippen LogP contribution in [0.4, 0.5) is 4.39 Å². The van der Waals surface area contributed by atoms with Gasteiger partial charge in [-0.25, -0.2) is 14.4 Å². The van der Waals surface area contributed by atoms with Crippen LogP contribution in [0, 0.1) is 5.82 Å². The van der Waals surface area contributed by atoms with E-state index >= 15 is 0 Å². The molecule has 1 fully saturated rings. The largest absolute Gasteiger partial charge is 0.439 e. The van der Waals surface area contributed by atoms with Gasteiger partial charge in [-0.2, -0.15) is 0 Å². The van der Waals surface area contributed by atoms with Gasteiger partial charge in [0, 0.05) is 25.4 Å². The van der Waals surface area contributed by atoms with Gasteiger partial charge in [-0.3, -0.25) is 0 Å². The third-order valence-corrected chi connectivity index (χ3v) is 3.94. The zero-order valence-corrected chi connectivity index (χ0v) is 13.5. The smallest absolute Gasteiger partial charge is 0.219 e. The van der Waals surface area contributed by atoms with Crippen LogP contribution in [0.15, 0.2) is 47.6 Å². The number of guanidine groups is 1. The van der Waals surface area contributed by atoms with Crippen molar-refractivity contribution in [3.8, 4) is 11.6 Å². The van der Waals surface area contributed by atoms with Gasteiger partial charge in [-0.05, 0) is 55.2 Å². The van der Waals surface area contributed by atoms with Gasteiger partial charge in [-0.1, -0.05) is 0 Å². The summed E-state index contributed by atoms with van der Waals surface area (Å²) < 4.78 is 18.5. The maximum Gasteiger partial charge on any atom is 0.219 e. The van der Waals surface area contributed by atoms with E-state index in [1.807, 2.05) is 12.1 Å². The van der Waals surface area contributed by atoms with E-state index in [-0.39, 0.29) is 5.82 Å². The summed E-state index contributed by atoms with van der Waals surface area (Å²) in [4.78, 5) is 10.8. The molecule has 0 radical (unpaired) electrons. The highest BCUT2D eigenvalue weighted by Crippen LogP contribution is 2.20. The van der Waals surface area contributed by atoms with Crippen molar-refractivity contribution >= 4 is 5.96 Å². The number of likely N-dealkylation sites (tertiary alicyclic amines) is 1. The Labute approximate surface area is 141 Å². The molecule has 0 saturated carbocycles. The first-order valence-electron chi connectivity index (χ1n) is 8.14. The van der Waals surface area contributed by atoms with Crippen molar-refractivity contribution in [1.29, 1.82) is 0 Å². The van der Waals surface area contributed by atoms with Gasteiger partial charge in [0.15, 0.2) is 5.96 Å². The van der Waals surface area contributed by atoms with E-state index in [1.165, 1.54) is 31.4 Å². The summed E-state index contributed by atoms with van der Waals surface area (Å²) >= 11 is 0. The van der Waals surface area contributed by atoms with Gasteiger partial charge in [-0.15, -0.1) is 0 Å². The Morgan fingerprint density at radius 3 is 2.67 bits per heavy atom. The van der Waals surface area contributed by atoms with Crippen molar-refractivity contribution in [1.82, 2.24) is 9.88 Å². The first-order chi connectivity index (χ1) is 11.7. The second kappa shape index (κ2) is 7.77. The third-order valence-electron chi connectivity index (χ3n) is 3.94. The van der Waals surface area contributed by atoms with Gasteiger partial charge in [0.25, 0.3) is 0 Å². The molecule has 1 aromatic carbocycles. The van der Waals surface area contributed by atoms with Crippen molar-refractivity contribution in [3.63, 3.8) is 0 Å². The molecular weight excluding hydrogens is 307 g/mol. The molecule has 1 saturated heterocycles. The molecule has 2 heterocycles. The Morgan fingerprint density at radius 1 is 1.17 bits per heavy atom. The molecule has 2 aromatic rings. The van der Waals surface area contributed by atoms with E-state index in [4.69, 9.17) is 10.5 Å². The Hall–Kier alpha value is -2.63. The lowest BCUT2D eigenvalue weighted by atomic mass is 10.1. The maximum atomic E-state index is 12.9. The number of hydrogen-bond acceptors (Lipinski definition) is 3. The number of rotatable bonds is 4. The van der Waals surface area contributed by atoms with E-state index in [1.54, 1.807) is 18.3 Å². The lowest BCUT2D eigenvalue weighted by Gasteiger charge is -2.27. The van der Waals surface area contributed by atoms with Gasteiger partial charge in [0.05, 0.1) is 6.54 Å². The molecule has 0 bridgehead atoms. The predicted molar refractivity (Wildman–Crippen MR) is 91.5 cm³/mol. The molecule has 6 heteroatoms. The van der Waals surface area contributed by atoms with Gasteiger partial charge >= 0.3 is 0 Å². The Morgan fingerprint density at radius 2 is 1.92 bits per heavy atom. The molecule has 0 aliphatic carbocycles. The van der Waals surface area contributed by atoms with Crippen LogP contribution in [0.1, 0.15) is 24.8 Å². The summed E-state index contributed by atoms with van der Waals surface area (Å²) in [5.74, 6) is 1.28. The Kier molecular flexibility index (Phi) is 5.25. The molecule has 1 aliphatic rings. The van der Waals surface area contributed by atoms with Crippen LogP contribution >= 0.6 is 0 Å². The van der Waals surface area contributed by atoms with Crippen molar-refractivity contribution in [3.05, 3.63) is 54.0 Å². The van der Waals surface area contributed by atoms with Gasteiger partial charge < -0.3 is 15.4 Å². The number of nitrogens with two attached hydrogens (primary N) is 1. The second-order valence-electron chi connectivity index (χ2n) is 5.78. The van der Waals surface area contributed by atoms with Gasteiger partial charge in [0.1, 0.15) is 11.6 Å². The predicted octanol–water partition coefficient (Wildman–Crippen LogP) is 3.31. The molecule has 1 aliphatic heterocycles. The summed E-state index contributed by atoms with van der Waals surface area (Å²) in [7, 11) is 0. The molecule has 0 unspecified atom stereocenters. The minimum absolute atomic E-state index is 0.299. The van der Waals surface area contributed by atoms with E-state index < -0.39 is 0 Å². The fourth-order valence-corrected chi connectivity index (χ4v) is 2.62. The van der Waals surface area contributed by atoms with Crippen molar-refractivity contribution in [2.45, 2.75) is 25.8 Å². The van der Waals surface area contributed by atoms with Crippen LogP contribution in [-0.2, 0) is 6.54 Å². The number of piperidine rings is 1. The number of pyridine rings is 1. The minimum atomic E-state index is -0.299. The van der Waals surface area contributed by atoms with Crippen LogP contribution in [0.3, 0.4) is 0 Å². The van der Waals surface area contributed by atoms with Crippen LogP contribution in [0.25, 0.3) is 0 Å². The highest BCUT2D eigenvalue weighted by molar-refractivity contribution is 5.78. The zero-order chi connectivity index (χ0) is 16.8. The fraction of sp³-hybridized carbons (Fsp3) is 0.333. The topological polar surface area (TPSA) is 63.7 Å². The van der Waals surface area contributed by atoms with E-state index in [9.17, 15) is 4.39 Å². The lowest BCUT2D eigenvalue weighted by Crippen LogP contribution is -2.40. The molecule has 1 aromatic heterocycles. The normalized spacial score (nSPS) is 15.4. The number of benzene rings is 1. The first-order valence-corrected chi connectivity index (χ1v) is 8.14. The average molecular weight is 328 g/mol. The highest BCUT2D eigenvalue weighted by atomic mass is 19.1. The standard InChI is InChI=1S/C18H21FN4O/c19-15-4-6-16(7-5-15)24-17-12-14(8-9-21-17)13-22-18(20)23-10-2-1-3-11-23/h4-9,12H,1-3,10-11,13H2,(H2,20,22). The molecule has 0 atom stereocenters. The Bertz CT molecular complexity index is 696. The molecule has 3 rings (SSSR count). The minimum Gasteiger partial charge on any atom is -0.439 e. The number of halogens is 1. The summed E-state index contributed by atoms with van der Waals surface area (Å²) in [6.45, 7) is 2.43. The third kappa shape index (κ3) is 4.44. The second-order valence-corrected chi connectivity index (χ2v) is 5.78. The monoisotopic (exact) mass is 328 g/mol. The molecule has 0 amide bonds. The summed E-state index contributed by atoms with van der Waals surface area (Å²) in [5.41, 5.74) is 7.03. The number of aliphatic imine (C=N–C) groups is 1. The number of ether oxygens (including phenoxy) is 1. The fourth-order valence-electron chi connectivity index (χ4n) is 2.62. The molecular formula is C18H21FN4O. The molecule has 2 N–H and O–H groups in total. The van der Waals surface area contributed by atoms with E-state index in [2.05, 4.69) is 14.9 Å². The summed E-state index contributed by atoms with van der Waals surface area (Å²) in [6, 6.07) is 9.53. The maximum absolute atomic E-state index is 12.9. The molecule has 24 heavy (non-hydrogen) atoms. The Balaban J connectivity index is 1.63. The van der Waals surface area contributed by atoms with Crippen molar-refractivity contribution in [2.75, 3.05) is 13.1 Å². The molecule has 126 valence electrons. The van der Waals surface area contributed by atoms with E-state index in [0.717, 1.165) is 18.7 Å².